The van der Waals surface area contributed by atoms with Crippen LogP contribution >= 0.6 is 11.3 Å². The molecule has 1 aromatic heterocycles. The van der Waals surface area contributed by atoms with Gasteiger partial charge in [-0.1, -0.05) is 12.1 Å². The molecule has 9 heteroatoms. The third-order valence-electron chi connectivity index (χ3n) is 4.25. The average molecular weight is 420 g/mol. The van der Waals surface area contributed by atoms with Crippen LogP contribution in [0, 0.1) is 19.7 Å². The molecule has 146 valence electrons. The Balaban J connectivity index is 1.78. The van der Waals surface area contributed by atoms with E-state index in [1.54, 1.807) is 38.2 Å². The summed E-state index contributed by atoms with van der Waals surface area (Å²) in [6.45, 7) is 3.35. The number of anilines is 1. The van der Waals surface area contributed by atoms with Gasteiger partial charge < -0.3 is 0 Å². The van der Waals surface area contributed by atoms with E-state index in [1.807, 2.05) is 0 Å². The first-order valence-corrected chi connectivity index (χ1v) is 10.6. The molecular weight excluding hydrogens is 401 g/mol. The summed E-state index contributed by atoms with van der Waals surface area (Å²) in [6.07, 6.45) is 2.20. The number of hydrogen-bond acceptors (Lipinski definition) is 5. The van der Waals surface area contributed by atoms with Crippen molar-refractivity contribution in [3.8, 4) is 0 Å². The smallest absolute Gasteiger partial charge is 0.257 e. The van der Waals surface area contributed by atoms with E-state index in [0.717, 1.165) is 10.4 Å². The minimum Gasteiger partial charge on any atom is -0.298 e. The second kappa shape index (κ2) is 7.78. The van der Waals surface area contributed by atoms with E-state index in [4.69, 9.17) is 5.14 Å². The molecule has 0 unspecified atom stereocenters. The fourth-order valence-corrected chi connectivity index (χ4v) is 4.39. The highest BCUT2D eigenvalue weighted by Crippen LogP contribution is 2.24. The number of rotatable bonds is 5. The van der Waals surface area contributed by atoms with E-state index >= 15 is 0 Å². The molecule has 0 aliphatic rings. The number of carbonyl (C=O) groups excluding carboxylic acids is 1. The minimum absolute atomic E-state index is 0.0752. The van der Waals surface area contributed by atoms with Gasteiger partial charge in [-0.2, -0.15) is 0 Å². The van der Waals surface area contributed by atoms with Gasteiger partial charge in [0.1, 0.15) is 5.82 Å². The summed E-state index contributed by atoms with van der Waals surface area (Å²) in [5.74, 6) is -0.774. The Labute approximate surface area is 166 Å². The number of sulfonamides is 1. The van der Waals surface area contributed by atoms with Gasteiger partial charge in [-0.3, -0.25) is 10.1 Å². The van der Waals surface area contributed by atoms with E-state index in [1.165, 1.54) is 29.5 Å². The lowest BCUT2D eigenvalue weighted by Crippen LogP contribution is -2.17. The van der Waals surface area contributed by atoms with Crippen LogP contribution < -0.4 is 10.5 Å². The maximum atomic E-state index is 13.0. The largest absolute Gasteiger partial charge is 0.298 e. The molecule has 0 radical (unpaired) electrons. The van der Waals surface area contributed by atoms with Crippen LogP contribution in [0.3, 0.4) is 0 Å². The first-order chi connectivity index (χ1) is 13.1. The lowest BCUT2D eigenvalue weighted by atomic mass is 10.1. The monoisotopic (exact) mass is 419 g/mol. The van der Waals surface area contributed by atoms with Crippen molar-refractivity contribution in [3.63, 3.8) is 0 Å². The minimum atomic E-state index is -3.94. The van der Waals surface area contributed by atoms with Crippen LogP contribution in [0.4, 0.5) is 9.52 Å². The fourth-order valence-electron chi connectivity index (χ4n) is 2.67. The zero-order valence-electron chi connectivity index (χ0n) is 15.2. The van der Waals surface area contributed by atoms with E-state index < -0.39 is 15.9 Å². The highest BCUT2D eigenvalue weighted by atomic mass is 32.2. The summed E-state index contributed by atoms with van der Waals surface area (Å²) in [7, 11) is -3.94. The maximum Gasteiger partial charge on any atom is 0.257 e. The van der Waals surface area contributed by atoms with Crippen molar-refractivity contribution >= 4 is 32.4 Å². The normalized spacial score (nSPS) is 11.4. The second-order valence-corrected chi connectivity index (χ2v) is 9.00. The number of halogens is 1. The van der Waals surface area contributed by atoms with Gasteiger partial charge in [-0.05, 0) is 54.8 Å². The molecule has 2 aromatic carbocycles. The number of carbonyl (C=O) groups is 1. The lowest BCUT2D eigenvalue weighted by molar-refractivity contribution is 0.102. The summed E-state index contributed by atoms with van der Waals surface area (Å²) in [5.41, 5.74) is 2.26. The zero-order chi connectivity index (χ0) is 20.5. The number of hydrogen-bond donors (Lipinski definition) is 2. The number of nitrogens with zero attached hydrogens (tertiary/aromatic N) is 1. The van der Waals surface area contributed by atoms with Gasteiger partial charge in [-0.15, -0.1) is 11.3 Å². The number of nitrogens with one attached hydrogen (secondary N) is 1. The van der Waals surface area contributed by atoms with Gasteiger partial charge >= 0.3 is 0 Å². The molecule has 1 amide bonds. The van der Waals surface area contributed by atoms with E-state index in [-0.39, 0.29) is 16.3 Å². The fraction of sp³-hybridized carbons (Fsp3) is 0.158. The van der Waals surface area contributed by atoms with Gasteiger partial charge in [0.15, 0.2) is 5.13 Å². The molecule has 3 rings (SSSR count). The molecule has 1 heterocycles. The van der Waals surface area contributed by atoms with Crippen LogP contribution in [0.15, 0.2) is 47.5 Å². The number of benzene rings is 2. The topological polar surface area (TPSA) is 102 Å². The van der Waals surface area contributed by atoms with Gasteiger partial charge in [0.05, 0.1) is 4.90 Å². The molecule has 28 heavy (non-hydrogen) atoms. The molecule has 0 fully saturated rings. The Morgan fingerprint density at radius 1 is 1.21 bits per heavy atom. The van der Waals surface area contributed by atoms with Crippen LogP contribution in [0.25, 0.3) is 0 Å². The standard InChI is InChI=1S/C19H18FN3O3S2/c1-11-7-14(9-17(12(11)2)28(21,25)26)18(24)23-19-22-10-16(27-19)8-13-3-5-15(20)6-4-13/h3-7,9-10H,8H2,1-2H3,(H2,21,25,26)(H,22,23,24). The molecular formula is C19H18FN3O3S2. The molecule has 0 saturated heterocycles. The molecule has 0 aliphatic carbocycles. The number of amides is 1. The highest BCUT2D eigenvalue weighted by Gasteiger charge is 2.18. The Hall–Kier alpha value is -2.62. The molecule has 0 atom stereocenters. The van der Waals surface area contributed by atoms with Crippen molar-refractivity contribution in [2.75, 3.05) is 5.32 Å². The average Bonchev–Trinajstić information content (AvgIpc) is 3.05. The van der Waals surface area contributed by atoms with Crippen molar-refractivity contribution < 1.29 is 17.6 Å². The van der Waals surface area contributed by atoms with Crippen LogP contribution in [0.5, 0.6) is 0 Å². The highest BCUT2D eigenvalue weighted by molar-refractivity contribution is 7.89. The number of aromatic nitrogens is 1. The Morgan fingerprint density at radius 2 is 1.89 bits per heavy atom. The Kier molecular flexibility index (Phi) is 5.59. The van der Waals surface area contributed by atoms with Crippen LogP contribution in [0.1, 0.15) is 31.9 Å². The summed E-state index contributed by atoms with van der Waals surface area (Å²) >= 11 is 1.29. The Morgan fingerprint density at radius 3 is 2.54 bits per heavy atom. The molecule has 0 spiro atoms. The van der Waals surface area contributed by atoms with Crippen molar-refractivity contribution in [1.82, 2.24) is 4.98 Å². The summed E-state index contributed by atoms with van der Waals surface area (Å²) in [5, 5.41) is 8.30. The summed E-state index contributed by atoms with van der Waals surface area (Å²) < 4.78 is 36.5. The SMILES string of the molecule is Cc1cc(C(=O)Nc2ncc(Cc3ccc(F)cc3)s2)cc(S(N)(=O)=O)c1C. The number of thiazole rings is 1. The summed E-state index contributed by atoms with van der Waals surface area (Å²) in [6, 6.07) is 9.03. The van der Waals surface area contributed by atoms with Gasteiger partial charge in [0.25, 0.3) is 5.91 Å². The predicted molar refractivity (Wildman–Crippen MR) is 107 cm³/mol. The van der Waals surface area contributed by atoms with E-state index in [0.29, 0.717) is 22.7 Å². The Bertz CT molecular complexity index is 1140. The number of primary sulfonamides is 1. The van der Waals surface area contributed by atoms with Crippen LogP contribution in [-0.4, -0.2) is 19.3 Å². The molecule has 0 aliphatic heterocycles. The van der Waals surface area contributed by atoms with Gasteiger partial charge in [0, 0.05) is 23.1 Å². The second-order valence-electron chi connectivity index (χ2n) is 6.35. The first kappa shape index (κ1) is 20.1. The third-order valence-corrected chi connectivity index (χ3v) is 6.20. The molecule has 3 N–H and O–H groups in total. The quantitative estimate of drug-likeness (QED) is 0.662. The van der Waals surface area contributed by atoms with Crippen molar-refractivity contribution in [2.45, 2.75) is 25.2 Å². The molecule has 0 bridgehead atoms. The van der Waals surface area contributed by atoms with Crippen LogP contribution in [-0.2, 0) is 16.4 Å². The van der Waals surface area contributed by atoms with Crippen LogP contribution in [0.2, 0.25) is 0 Å². The predicted octanol–water partition coefficient (Wildman–Crippen LogP) is 3.39. The van der Waals surface area contributed by atoms with Gasteiger partial charge in [0.2, 0.25) is 10.0 Å². The van der Waals surface area contributed by atoms with Crippen molar-refractivity contribution in [2.24, 2.45) is 5.14 Å². The number of aryl methyl sites for hydroxylation is 1. The zero-order valence-corrected chi connectivity index (χ0v) is 16.8. The summed E-state index contributed by atoms with van der Waals surface area (Å²) in [4.78, 5) is 17.5. The molecule has 6 nitrogen and oxygen atoms in total. The van der Waals surface area contributed by atoms with E-state index in [2.05, 4.69) is 10.3 Å². The number of nitrogens with two attached hydrogens (primary N) is 1. The molecule has 3 aromatic rings. The van der Waals surface area contributed by atoms with Crippen molar-refractivity contribution in [3.05, 3.63) is 75.5 Å². The first-order valence-electron chi connectivity index (χ1n) is 8.28. The maximum absolute atomic E-state index is 13.0. The molecule has 0 saturated carbocycles. The third kappa shape index (κ3) is 4.61. The van der Waals surface area contributed by atoms with Crippen molar-refractivity contribution in [1.29, 1.82) is 0 Å². The lowest BCUT2D eigenvalue weighted by Gasteiger charge is -2.10. The van der Waals surface area contributed by atoms with E-state index in [9.17, 15) is 17.6 Å². The van der Waals surface area contributed by atoms with Gasteiger partial charge in [-0.25, -0.2) is 22.9 Å².